The number of nitrogens with one attached hydrogen (secondary N) is 1. The zero-order valence-electron chi connectivity index (χ0n) is 11.3. The maximum atomic E-state index is 5.77. The SMILES string of the molecule is CCCNCC(C)(CCC)CC1CCCO1. The molecule has 96 valence electrons. The molecule has 0 aromatic heterocycles. The molecule has 2 atom stereocenters. The summed E-state index contributed by atoms with van der Waals surface area (Å²) in [7, 11) is 0. The average molecular weight is 227 g/mol. The summed E-state index contributed by atoms with van der Waals surface area (Å²) in [5.74, 6) is 0. The third-order valence-electron chi connectivity index (χ3n) is 3.58. The van der Waals surface area contributed by atoms with E-state index in [1.807, 2.05) is 0 Å². The topological polar surface area (TPSA) is 21.3 Å². The van der Waals surface area contributed by atoms with Gasteiger partial charge in [0.15, 0.2) is 0 Å². The van der Waals surface area contributed by atoms with Crippen LogP contribution in [0.3, 0.4) is 0 Å². The van der Waals surface area contributed by atoms with Crippen LogP contribution >= 0.6 is 0 Å². The van der Waals surface area contributed by atoms with E-state index in [4.69, 9.17) is 4.74 Å². The van der Waals surface area contributed by atoms with Crippen molar-refractivity contribution in [3.05, 3.63) is 0 Å². The molecule has 0 spiro atoms. The fraction of sp³-hybridized carbons (Fsp3) is 1.00. The van der Waals surface area contributed by atoms with Crippen molar-refractivity contribution in [1.29, 1.82) is 0 Å². The standard InChI is InChI=1S/C14H29NO/c1-4-8-14(3,12-15-9-5-2)11-13-7-6-10-16-13/h13,15H,4-12H2,1-3H3. The summed E-state index contributed by atoms with van der Waals surface area (Å²) in [6, 6.07) is 0. The summed E-state index contributed by atoms with van der Waals surface area (Å²) in [5, 5.41) is 3.58. The molecular formula is C14H29NO. The molecule has 16 heavy (non-hydrogen) atoms. The first-order valence-corrected chi connectivity index (χ1v) is 7.02. The first-order valence-electron chi connectivity index (χ1n) is 7.02. The molecule has 1 aliphatic rings. The molecule has 1 fully saturated rings. The Labute approximate surface area is 101 Å². The van der Waals surface area contributed by atoms with Gasteiger partial charge >= 0.3 is 0 Å². The Morgan fingerprint density at radius 3 is 2.69 bits per heavy atom. The Morgan fingerprint density at radius 2 is 2.12 bits per heavy atom. The zero-order valence-corrected chi connectivity index (χ0v) is 11.3. The van der Waals surface area contributed by atoms with Gasteiger partial charge in [-0.2, -0.15) is 0 Å². The Bertz CT molecular complexity index is 178. The first kappa shape index (κ1) is 14.0. The van der Waals surface area contributed by atoms with Crippen molar-refractivity contribution in [3.63, 3.8) is 0 Å². The minimum atomic E-state index is 0.429. The van der Waals surface area contributed by atoms with E-state index in [0.29, 0.717) is 11.5 Å². The molecule has 1 rings (SSSR count). The van der Waals surface area contributed by atoms with Gasteiger partial charge in [0.1, 0.15) is 0 Å². The van der Waals surface area contributed by atoms with Crippen LogP contribution in [0.4, 0.5) is 0 Å². The molecule has 0 amide bonds. The summed E-state index contributed by atoms with van der Waals surface area (Å²) in [5.41, 5.74) is 0.429. The van der Waals surface area contributed by atoms with Gasteiger partial charge in [0, 0.05) is 13.2 Å². The highest BCUT2D eigenvalue weighted by Gasteiger charge is 2.29. The molecule has 2 unspecified atom stereocenters. The smallest absolute Gasteiger partial charge is 0.0581 e. The Morgan fingerprint density at radius 1 is 1.31 bits per heavy atom. The van der Waals surface area contributed by atoms with E-state index in [0.717, 1.165) is 19.7 Å². The predicted octanol–water partition coefficient (Wildman–Crippen LogP) is 3.36. The van der Waals surface area contributed by atoms with Crippen molar-refractivity contribution < 1.29 is 4.74 Å². The van der Waals surface area contributed by atoms with Crippen LogP contribution in [-0.2, 0) is 4.74 Å². The number of hydrogen-bond acceptors (Lipinski definition) is 2. The molecule has 0 bridgehead atoms. The van der Waals surface area contributed by atoms with E-state index in [9.17, 15) is 0 Å². The van der Waals surface area contributed by atoms with Gasteiger partial charge in [-0.05, 0) is 44.1 Å². The van der Waals surface area contributed by atoms with Gasteiger partial charge in [0.2, 0.25) is 0 Å². The normalized spacial score (nSPS) is 24.6. The second kappa shape index (κ2) is 7.29. The Kier molecular flexibility index (Phi) is 6.37. The van der Waals surface area contributed by atoms with Gasteiger partial charge in [-0.25, -0.2) is 0 Å². The van der Waals surface area contributed by atoms with Gasteiger partial charge in [-0.3, -0.25) is 0 Å². The van der Waals surface area contributed by atoms with Gasteiger partial charge in [-0.15, -0.1) is 0 Å². The highest BCUT2D eigenvalue weighted by molar-refractivity contribution is 4.82. The van der Waals surface area contributed by atoms with Crippen LogP contribution in [-0.4, -0.2) is 25.8 Å². The van der Waals surface area contributed by atoms with Crippen LogP contribution in [0.15, 0.2) is 0 Å². The highest BCUT2D eigenvalue weighted by atomic mass is 16.5. The lowest BCUT2D eigenvalue weighted by molar-refractivity contribution is 0.0625. The van der Waals surface area contributed by atoms with E-state index >= 15 is 0 Å². The lowest BCUT2D eigenvalue weighted by Crippen LogP contribution is -2.35. The minimum Gasteiger partial charge on any atom is -0.378 e. The van der Waals surface area contributed by atoms with Crippen LogP contribution in [0.25, 0.3) is 0 Å². The van der Waals surface area contributed by atoms with Crippen molar-refractivity contribution in [2.75, 3.05) is 19.7 Å². The van der Waals surface area contributed by atoms with Crippen LogP contribution in [0, 0.1) is 5.41 Å². The lowest BCUT2D eigenvalue weighted by atomic mass is 9.79. The molecule has 2 heteroatoms. The zero-order chi connectivity index (χ0) is 11.9. The van der Waals surface area contributed by atoms with E-state index in [1.165, 1.54) is 38.5 Å². The molecule has 0 aromatic rings. The highest BCUT2D eigenvalue weighted by Crippen LogP contribution is 2.32. The summed E-state index contributed by atoms with van der Waals surface area (Å²) in [6.45, 7) is 10.2. The van der Waals surface area contributed by atoms with Crippen molar-refractivity contribution in [2.45, 2.75) is 65.4 Å². The van der Waals surface area contributed by atoms with Crippen LogP contribution in [0.2, 0.25) is 0 Å². The summed E-state index contributed by atoms with van der Waals surface area (Å²) in [4.78, 5) is 0. The molecule has 1 saturated heterocycles. The summed E-state index contributed by atoms with van der Waals surface area (Å²) >= 11 is 0. The third-order valence-corrected chi connectivity index (χ3v) is 3.58. The largest absolute Gasteiger partial charge is 0.378 e. The minimum absolute atomic E-state index is 0.429. The van der Waals surface area contributed by atoms with Gasteiger partial charge in [0.05, 0.1) is 6.10 Å². The maximum absolute atomic E-state index is 5.77. The second-order valence-electron chi connectivity index (χ2n) is 5.58. The summed E-state index contributed by atoms with van der Waals surface area (Å²) in [6.07, 6.45) is 8.10. The molecule has 0 aromatic carbocycles. The molecule has 2 nitrogen and oxygen atoms in total. The number of ether oxygens (including phenoxy) is 1. The third kappa shape index (κ3) is 4.84. The van der Waals surface area contributed by atoms with Gasteiger partial charge in [-0.1, -0.05) is 27.2 Å². The van der Waals surface area contributed by atoms with Crippen molar-refractivity contribution >= 4 is 0 Å². The van der Waals surface area contributed by atoms with Crippen LogP contribution < -0.4 is 5.32 Å². The van der Waals surface area contributed by atoms with Gasteiger partial charge < -0.3 is 10.1 Å². The molecule has 1 N–H and O–H groups in total. The predicted molar refractivity (Wildman–Crippen MR) is 69.8 cm³/mol. The summed E-state index contributed by atoms with van der Waals surface area (Å²) < 4.78 is 5.77. The second-order valence-corrected chi connectivity index (χ2v) is 5.58. The fourth-order valence-electron chi connectivity index (χ4n) is 2.79. The van der Waals surface area contributed by atoms with Crippen LogP contribution in [0.5, 0.6) is 0 Å². The van der Waals surface area contributed by atoms with E-state index in [-0.39, 0.29) is 0 Å². The molecular weight excluding hydrogens is 198 g/mol. The van der Waals surface area contributed by atoms with E-state index < -0.39 is 0 Å². The Hall–Kier alpha value is -0.0800. The maximum Gasteiger partial charge on any atom is 0.0581 e. The number of hydrogen-bond donors (Lipinski definition) is 1. The van der Waals surface area contributed by atoms with Crippen molar-refractivity contribution in [3.8, 4) is 0 Å². The van der Waals surface area contributed by atoms with Gasteiger partial charge in [0.25, 0.3) is 0 Å². The van der Waals surface area contributed by atoms with Crippen molar-refractivity contribution in [1.82, 2.24) is 5.32 Å². The van der Waals surface area contributed by atoms with E-state index in [1.54, 1.807) is 0 Å². The quantitative estimate of drug-likeness (QED) is 0.642. The van der Waals surface area contributed by atoms with E-state index in [2.05, 4.69) is 26.1 Å². The lowest BCUT2D eigenvalue weighted by Gasteiger charge is -2.32. The first-order chi connectivity index (χ1) is 7.70. The molecule has 1 aliphatic heterocycles. The molecule has 0 saturated carbocycles. The molecule has 0 aliphatic carbocycles. The Balaban J connectivity index is 2.35. The average Bonchev–Trinajstić information content (AvgIpc) is 2.71. The van der Waals surface area contributed by atoms with Crippen molar-refractivity contribution in [2.24, 2.45) is 5.41 Å². The fourth-order valence-corrected chi connectivity index (χ4v) is 2.79. The monoisotopic (exact) mass is 227 g/mol. The van der Waals surface area contributed by atoms with Crippen LogP contribution in [0.1, 0.15) is 59.3 Å². The number of rotatable bonds is 8. The molecule has 0 radical (unpaired) electrons. The molecule has 1 heterocycles.